The Morgan fingerprint density at radius 3 is 2.92 bits per heavy atom. The third kappa shape index (κ3) is 1.31. The number of benzene rings is 1. The molecule has 0 aliphatic heterocycles. The summed E-state index contributed by atoms with van der Waals surface area (Å²) in [5.74, 6) is 0. The Balaban J connectivity index is 2.80. The van der Waals surface area contributed by atoms with E-state index in [9.17, 15) is 0 Å². The number of rotatable bonds is 1. The van der Waals surface area contributed by atoms with E-state index in [0.29, 0.717) is 5.28 Å². The highest BCUT2D eigenvalue weighted by molar-refractivity contribution is 6.29. The summed E-state index contributed by atoms with van der Waals surface area (Å²) in [6.07, 6.45) is 0. The third-order valence-corrected chi connectivity index (χ3v) is 2.46. The zero-order valence-electron chi connectivity index (χ0n) is 7.71. The minimum absolute atomic E-state index is 0.572. The predicted molar refractivity (Wildman–Crippen MR) is 55.2 cm³/mol. The van der Waals surface area contributed by atoms with E-state index in [1.54, 1.807) is 0 Å². The van der Waals surface area contributed by atoms with Crippen molar-refractivity contribution < 1.29 is 0 Å². The van der Waals surface area contributed by atoms with Crippen LogP contribution < -0.4 is 0 Å². The lowest BCUT2D eigenvalue weighted by molar-refractivity contribution is 0.788. The fraction of sp³-hybridized carbons (Fsp3) is 0.300. The summed E-state index contributed by atoms with van der Waals surface area (Å²) in [5.41, 5.74) is 3.32. The van der Waals surface area contributed by atoms with Crippen molar-refractivity contribution in [3.8, 4) is 0 Å². The van der Waals surface area contributed by atoms with Gasteiger partial charge in [0.25, 0.3) is 0 Å². The third-order valence-electron chi connectivity index (χ3n) is 2.17. The molecule has 0 unspecified atom stereocenters. The summed E-state index contributed by atoms with van der Waals surface area (Å²) in [6, 6.07) is 6.16. The summed E-state index contributed by atoms with van der Waals surface area (Å²) in [7, 11) is 0. The van der Waals surface area contributed by atoms with Gasteiger partial charge in [-0.05, 0) is 43.1 Å². The Labute approximate surface area is 82.1 Å². The minimum Gasteiger partial charge on any atom is -0.315 e. The Kier molecular flexibility index (Phi) is 2.00. The fourth-order valence-corrected chi connectivity index (χ4v) is 1.81. The molecule has 0 aliphatic carbocycles. The normalized spacial score (nSPS) is 11.0. The van der Waals surface area contributed by atoms with Crippen LogP contribution in [0.15, 0.2) is 18.2 Å². The molecular weight excluding hydrogens is 184 g/mol. The zero-order valence-corrected chi connectivity index (χ0v) is 8.47. The van der Waals surface area contributed by atoms with Crippen LogP contribution in [0, 0.1) is 6.92 Å². The average Bonchev–Trinajstić information content (AvgIpc) is 2.40. The molecule has 3 heteroatoms. The van der Waals surface area contributed by atoms with E-state index in [-0.39, 0.29) is 0 Å². The van der Waals surface area contributed by atoms with Gasteiger partial charge in [-0.15, -0.1) is 0 Å². The molecular formula is C10H11ClN2. The average molecular weight is 195 g/mol. The lowest BCUT2D eigenvalue weighted by Crippen LogP contribution is -1.93. The summed E-state index contributed by atoms with van der Waals surface area (Å²) in [6.45, 7) is 4.99. The second kappa shape index (κ2) is 3.04. The van der Waals surface area contributed by atoms with Gasteiger partial charge in [0.15, 0.2) is 0 Å². The number of hydrogen-bond donors (Lipinski definition) is 0. The van der Waals surface area contributed by atoms with Gasteiger partial charge in [0.1, 0.15) is 0 Å². The van der Waals surface area contributed by atoms with Crippen LogP contribution in [0.5, 0.6) is 0 Å². The van der Waals surface area contributed by atoms with E-state index >= 15 is 0 Å². The van der Waals surface area contributed by atoms with Gasteiger partial charge in [0.2, 0.25) is 5.28 Å². The first-order valence-electron chi connectivity index (χ1n) is 4.34. The van der Waals surface area contributed by atoms with Crippen LogP contribution in [-0.2, 0) is 6.54 Å². The maximum Gasteiger partial charge on any atom is 0.203 e. The number of imidazole rings is 1. The van der Waals surface area contributed by atoms with Gasteiger partial charge in [0.05, 0.1) is 11.0 Å². The van der Waals surface area contributed by atoms with Crippen molar-refractivity contribution in [3.63, 3.8) is 0 Å². The molecule has 1 aromatic carbocycles. The molecule has 0 bridgehead atoms. The molecule has 0 saturated carbocycles. The van der Waals surface area contributed by atoms with Crippen molar-refractivity contribution in [3.05, 3.63) is 29.0 Å². The zero-order chi connectivity index (χ0) is 9.42. The molecule has 0 atom stereocenters. The molecule has 0 spiro atoms. The van der Waals surface area contributed by atoms with Crippen LogP contribution >= 0.6 is 11.6 Å². The SMILES string of the molecule is CCn1c(Cl)nc2ccc(C)cc21. The summed E-state index contributed by atoms with van der Waals surface area (Å²) in [4.78, 5) is 4.25. The molecule has 2 nitrogen and oxygen atoms in total. The summed E-state index contributed by atoms with van der Waals surface area (Å²) >= 11 is 5.97. The number of halogens is 1. The maximum absolute atomic E-state index is 5.97. The molecule has 0 aliphatic rings. The van der Waals surface area contributed by atoms with Gasteiger partial charge in [-0.3, -0.25) is 0 Å². The highest BCUT2D eigenvalue weighted by atomic mass is 35.5. The molecule has 0 amide bonds. The van der Waals surface area contributed by atoms with E-state index in [0.717, 1.165) is 17.6 Å². The summed E-state index contributed by atoms with van der Waals surface area (Å²) in [5, 5.41) is 0.572. The van der Waals surface area contributed by atoms with Crippen molar-refractivity contribution in [2.24, 2.45) is 0 Å². The van der Waals surface area contributed by atoms with E-state index < -0.39 is 0 Å². The number of aryl methyl sites for hydroxylation is 2. The van der Waals surface area contributed by atoms with Crippen molar-refractivity contribution in [2.75, 3.05) is 0 Å². The Morgan fingerprint density at radius 2 is 2.23 bits per heavy atom. The number of fused-ring (bicyclic) bond motifs is 1. The first kappa shape index (κ1) is 8.57. The first-order chi connectivity index (χ1) is 6.22. The minimum atomic E-state index is 0.572. The van der Waals surface area contributed by atoms with Gasteiger partial charge in [0, 0.05) is 6.54 Å². The highest BCUT2D eigenvalue weighted by Crippen LogP contribution is 2.20. The lowest BCUT2D eigenvalue weighted by Gasteiger charge is -2.00. The first-order valence-corrected chi connectivity index (χ1v) is 4.72. The van der Waals surface area contributed by atoms with Gasteiger partial charge < -0.3 is 4.57 Å². The monoisotopic (exact) mass is 194 g/mol. The van der Waals surface area contributed by atoms with Crippen molar-refractivity contribution >= 4 is 22.6 Å². The molecule has 0 N–H and O–H groups in total. The Bertz CT molecular complexity index is 445. The van der Waals surface area contributed by atoms with Crippen molar-refractivity contribution in [1.29, 1.82) is 0 Å². The molecule has 1 aromatic heterocycles. The second-order valence-corrected chi connectivity index (χ2v) is 3.46. The van der Waals surface area contributed by atoms with Gasteiger partial charge >= 0.3 is 0 Å². The van der Waals surface area contributed by atoms with Crippen LogP contribution in [0.4, 0.5) is 0 Å². The van der Waals surface area contributed by atoms with E-state index in [4.69, 9.17) is 11.6 Å². The van der Waals surface area contributed by atoms with E-state index in [2.05, 4.69) is 24.9 Å². The molecule has 2 aromatic rings. The smallest absolute Gasteiger partial charge is 0.203 e. The number of aromatic nitrogens is 2. The van der Waals surface area contributed by atoms with Crippen LogP contribution in [-0.4, -0.2) is 9.55 Å². The van der Waals surface area contributed by atoms with Gasteiger partial charge in [-0.1, -0.05) is 6.07 Å². The fourth-order valence-electron chi connectivity index (χ4n) is 1.50. The quantitative estimate of drug-likeness (QED) is 0.683. The van der Waals surface area contributed by atoms with Gasteiger partial charge in [-0.2, -0.15) is 0 Å². The predicted octanol–water partition coefficient (Wildman–Crippen LogP) is 3.02. The largest absolute Gasteiger partial charge is 0.315 e. The Morgan fingerprint density at radius 1 is 1.46 bits per heavy atom. The van der Waals surface area contributed by atoms with Crippen LogP contribution in [0.3, 0.4) is 0 Å². The molecule has 68 valence electrons. The molecule has 0 radical (unpaired) electrons. The molecule has 2 rings (SSSR count). The lowest BCUT2D eigenvalue weighted by atomic mass is 10.2. The molecule has 1 heterocycles. The molecule has 0 fully saturated rings. The van der Waals surface area contributed by atoms with Crippen LogP contribution in [0.1, 0.15) is 12.5 Å². The van der Waals surface area contributed by atoms with Crippen molar-refractivity contribution in [2.45, 2.75) is 20.4 Å². The van der Waals surface area contributed by atoms with E-state index in [1.807, 2.05) is 16.7 Å². The second-order valence-electron chi connectivity index (χ2n) is 3.12. The summed E-state index contributed by atoms with van der Waals surface area (Å²) < 4.78 is 2.00. The molecule has 0 saturated heterocycles. The van der Waals surface area contributed by atoms with Crippen LogP contribution in [0.2, 0.25) is 5.28 Å². The standard InChI is InChI=1S/C10H11ClN2/c1-3-13-9-6-7(2)4-5-8(9)12-10(13)11/h4-6H,3H2,1-2H3. The Hall–Kier alpha value is -1.02. The van der Waals surface area contributed by atoms with E-state index in [1.165, 1.54) is 5.56 Å². The topological polar surface area (TPSA) is 17.8 Å². The highest BCUT2D eigenvalue weighted by Gasteiger charge is 2.06. The number of hydrogen-bond acceptors (Lipinski definition) is 1. The maximum atomic E-state index is 5.97. The van der Waals surface area contributed by atoms with Gasteiger partial charge in [-0.25, -0.2) is 4.98 Å². The van der Waals surface area contributed by atoms with Crippen molar-refractivity contribution in [1.82, 2.24) is 9.55 Å². The van der Waals surface area contributed by atoms with Crippen LogP contribution in [0.25, 0.3) is 11.0 Å². The number of nitrogens with zero attached hydrogens (tertiary/aromatic N) is 2. The molecule has 13 heavy (non-hydrogen) atoms.